The minimum Gasteiger partial charge on any atom is -0.379 e. The highest BCUT2D eigenvalue weighted by Gasteiger charge is 1.97. The smallest absolute Gasteiger partial charge is 0.236 e. The number of hydrogen-bond acceptors (Lipinski definition) is 4. The number of nitrogens with one attached hydrogen (secondary N) is 1. The molecule has 5 heteroatoms. The van der Waals surface area contributed by atoms with Crippen molar-refractivity contribution in [3.05, 3.63) is 0 Å². The van der Waals surface area contributed by atoms with Gasteiger partial charge in [-0.2, -0.15) is 0 Å². The molecule has 0 aromatic rings. The van der Waals surface area contributed by atoms with E-state index in [9.17, 15) is 4.79 Å². The molecular formula is C8H18N2O3. The van der Waals surface area contributed by atoms with Crippen molar-refractivity contribution in [2.45, 2.75) is 26.4 Å². The molecule has 13 heavy (non-hydrogen) atoms. The average Bonchev–Trinajstić information content (AvgIpc) is 2.10. The zero-order valence-electron chi connectivity index (χ0n) is 8.21. The van der Waals surface area contributed by atoms with E-state index in [-0.39, 0.29) is 18.4 Å². The fraction of sp³-hybridized carbons (Fsp3) is 0.875. The van der Waals surface area contributed by atoms with Crippen LogP contribution in [-0.4, -0.2) is 31.8 Å². The zero-order valence-corrected chi connectivity index (χ0v) is 8.21. The van der Waals surface area contributed by atoms with Crippen molar-refractivity contribution in [1.29, 1.82) is 0 Å². The quantitative estimate of drug-likeness (QED) is 0.252. The average molecular weight is 190 g/mol. The van der Waals surface area contributed by atoms with Crippen LogP contribution in [0.5, 0.6) is 0 Å². The van der Waals surface area contributed by atoms with Crippen LogP contribution >= 0.6 is 0 Å². The van der Waals surface area contributed by atoms with E-state index in [1.54, 1.807) is 0 Å². The maximum Gasteiger partial charge on any atom is 0.236 e. The molecule has 5 nitrogen and oxygen atoms in total. The predicted octanol–water partition coefficient (Wildman–Crippen LogP) is -0.192. The summed E-state index contributed by atoms with van der Waals surface area (Å²) in [4.78, 5) is 10.6. The molecule has 1 amide bonds. The molecule has 0 aromatic carbocycles. The van der Waals surface area contributed by atoms with Gasteiger partial charge < -0.3 is 9.47 Å². The van der Waals surface area contributed by atoms with Crippen LogP contribution in [0.4, 0.5) is 0 Å². The summed E-state index contributed by atoms with van der Waals surface area (Å²) in [5.41, 5.74) is 2.02. The van der Waals surface area contributed by atoms with Gasteiger partial charge in [0.1, 0.15) is 0 Å². The lowest BCUT2D eigenvalue weighted by Crippen LogP contribution is -2.30. The second kappa shape index (κ2) is 7.97. The molecule has 0 heterocycles. The third-order valence-electron chi connectivity index (χ3n) is 1.31. The number of carbonyl (C=O) groups excluding carboxylic acids is 1. The molecule has 0 aliphatic carbocycles. The lowest BCUT2D eigenvalue weighted by atomic mass is 10.4. The summed E-state index contributed by atoms with van der Waals surface area (Å²) in [6.45, 7) is 5.37. The molecule has 0 atom stereocenters. The van der Waals surface area contributed by atoms with Crippen molar-refractivity contribution in [3.63, 3.8) is 0 Å². The third kappa shape index (κ3) is 9.26. The van der Waals surface area contributed by atoms with E-state index < -0.39 is 0 Å². The van der Waals surface area contributed by atoms with Crippen LogP contribution in [0, 0.1) is 0 Å². The van der Waals surface area contributed by atoms with Crippen LogP contribution in [0.25, 0.3) is 0 Å². The number of ether oxygens (including phenoxy) is 2. The first kappa shape index (κ1) is 12.3. The Kier molecular flexibility index (Phi) is 7.57. The van der Waals surface area contributed by atoms with Gasteiger partial charge in [0.15, 0.2) is 0 Å². The van der Waals surface area contributed by atoms with E-state index in [1.807, 2.05) is 19.3 Å². The van der Waals surface area contributed by atoms with E-state index in [1.165, 1.54) is 0 Å². The van der Waals surface area contributed by atoms with Crippen LogP contribution in [0.2, 0.25) is 0 Å². The van der Waals surface area contributed by atoms with Gasteiger partial charge >= 0.3 is 0 Å². The summed E-state index contributed by atoms with van der Waals surface area (Å²) in [5, 5.41) is 0. The number of amides is 1. The van der Waals surface area contributed by atoms with E-state index in [4.69, 9.17) is 15.3 Å². The lowest BCUT2D eigenvalue weighted by Gasteiger charge is -2.07. The molecule has 0 saturated carbocycles. The van der Waals surface area contributed by atoms with Gasteiger partial charge in [0.05, 0.1) is 32.3 Å². The van der Waals surface area contributed by atoms with Gasteiger partial charge in [-0.05, 0) is 13.8 Å². The number of carbonyl (C=O) groups is 1. The maximum absolute atomic E-state index is 10.6. The Hall–Kier alpha value is -0.650. The molecule has 0 saturated heterocycles. The van der Waals surface area contributed by atoms with Crippen molar-refractivity contribution in [3.8, 4) is 0 Å². The summed E-state index contributed by atoms with van der Waals surface area (Å²) >= 11 is 0. The minimum atomic E-state index is -0.218. The molecule has 0 aliphatic heterocycles. The first-order chi connectivity index (χ1) is 6.16. The van der Waals surface area contributed by atoms with Crippen molar-refractivity contribution in [2.24, 2.45) is 5.84 Å². The van der Waals surface area contributed by atoms with Crippen molar-refractivity contribution in [2.75, 3.05) is 19.8 Å². The lowest BCUT2D eigenvalue weighted by molar-refractivity contribution is -0.122. The molecule has 0 bridgehead atoms. The Bertz CT molecular complexity index is 139. The van der Waals surface area contributed by atoms with E-state index >= 15 is 0 Å². The first-order valence-electron chi connectivity index (χ1n) is 4.35. The van der Waals surface area contributed by atoms with Gasteiger partial charge in [-0.25, -0.2) is 5.84 Å². The Morgan fingerprint density at radius 2 is 2.08 bits per heavy atom. The Morgan fingerprint density at radius 3 is 2.62 bits per heavy atom. The summed E-state index contributed by atoms with van der Waals surface area (Å²) < 4.78 is 10.3. The van der Waals surface area contributed by atoms with Gasteiger partial charge in [0, 0.05) is 0 Å². The van der Waals surface area contributed by atoms with Crippen LogP contribution in [0.1, 0.15) is 20.3 Å². The highest BCUT2D eigenvalue weighted by Crippen LogP contribution is 1.88. The van der Waals surface area contributed by atoms with Gasteiger partial charge in [0.25, 0.3) is 0 Å². The molecule has 0 aromatic heterocycles. The molecule has 0 unspecified atom stereocenters. The third-order valence-corrected chi connectivity index (χ3v) is 1.31. The van der Waals surface area contributed by atoms with E-state index in [0.717, 1.165) is 0 Å². The van der Waals surface area contributed by atoms with Crippen LogP contribution in [0.3, 0.4) is 0 Å². The molecule has 78 valence electrons. The number of hydrogen-bond donors (Lipinski definition) is 2. The number of rotatable bonds is 7. The van der Waals surface area contributed by atoms with Gasteiger partial charge in [0.2, 0.25) is 5.91 Å². The first-order valence-corrected chi connectivity index (χ1v) is 4.35. The molecule has 0 spiro atoms. The monoisotopic (exact) mass is 190 g/mol. The fourth-order valence-electron chi connectivity index (χ4n) is 0.682. The number of nitrogens with two attached hydrogens (primary N) is 1. The van der Waals surface area contributed by atoms with Crippen LogP contribution < -0.4 is 11.3 Å². The van der Waals surface area contributed by atoms with E-state index in [2.05, 4.69) is 0 Å². The molecule has 0 rings (SSSR count). The second-order valence-electron chi connectivity index (χ2n) is 2.85. The summed E-state index contributed by atoms with van der Waals surface area (Å²) in [6, 6.07) is 0. The highest BCUT2D eigenvalue weighted by molar-refractivity contribution is 5.75. The van der Waals surface area contributed by atoms with Crippen molar-refractivity contribution < 1.29 is 14.3 Å². The fourth-order valence-corrected chi connectivity index (χ4v) is 0.682. The van der Waals surface area contributed by atoms with Crippen molar-refractivity contribution in [1.82, 2.24) is 5.43 Å². The summed E-state index contributed by atoms with van der Waals surface area (Å²) in [7, 11) is 0. The topological polar surface area (TPSA) is 73.6 Å². The van der Waals surface area contributed by atoms with Gasteiger partial charge in [-0.3, -0.25) is 10.2 Å². The minimum absolute atomic E-state index is 0.218. The molecule has 0 fully saturated rings. The van der Waals surface area contributed by atoms with E-state index in [0.29, 0.717) is 19.8 Å². The second-order valence-corrected chi connectivity index (χ2v) is 2.85. The summed E-state index contributed by atoms with van der Waals surface area (Å²) in [5.74, 6) is 4.66. The van der Waals surface area contributed by atoms with Gasteiger partial charge in [-0.15, -0.1) is 0 Å². The standard InChI is InChI=1S/C8H18N2O3/c1-7(2)13-6-5-12-4-3-8(11)10-9/h7H,3-6,9H2,1-2H3,(H,10,11). The predicted molar refractivity (Wildman–Crippen MR) is 48.9 cm³/mol. The van der Waals surface area contributed by atoms with Crippen LogP contribution in [-0.2, 0) is 14.3 Å². The normalized spacial score (nSPS) is 10.5. The Balaban J connectivity index is 3.04. The Morgan fingerprint density at radius 1 is 1.38 bits per heavy atom. The van der Waals surface area contributed by atoms with Gasteiger partial charge in [-0.1, -0.05) is 0 Å². The highest BCUT2D eigenvalue weighted by atomic mass is 16.5. The number of hydrazine groups is 1. The van der Waals surface area contributed by atoms with Crippen LogP contribution in [0.15, 0.2) is 0 Å². The maximum atomic E-state index is 10.6. The summed E-state index contributed by atoms with van der Waals surface area (Å²) in [6.07, 6.45) is 0.508. The Labute approximate surface area is 78.5 Å². The zero-order chi connectivity index (χ0) is 10.1. The largest absolute Gasteiger partial charge is 0.379 e. The molecule has 0 radical (unpaired) electrons. The SMILES string of the molecule is CC(C)OCCOCCC(=O)NN. The van der Waals surface area contributed by atoms with Crippen molar-refractivity contribution >= 4 is 5.91 Å². The molecule has 0 aliphatic rings. The molecule has 3 N–H and O–H groups in total. The molecular weight excluding hydrogens is 172 g/mol.